The summed E-state index contributed by atoms with van der Waals surface area (Å²) in [5.41, 5.74) is 5.68. The number of nitrogen functional groups attached to an aromatic ring is 1. The molecule has 2 rings (SSSR count). The third kappa shape index (κ3) is 2.92. The zero-order valence-electron chi connectivity index (χ0n) is 10.5. The van der Waals surface area contributed by atoms with Crippen LogP contribution in [0.1, 0.15) is 5.69 Å². The molecule has 2 aromatic rings. The van der Waals surface area contributed by atoms with E-state index in [1.165, 1.54) is 10.9 Å². The highest BCUT2D eigenvalue weighted by atomic mass is 35.5. The van der Waals surface area contributed by atoms with E-state index in [0.717, 1.165) is 12.1 Å². The van der Waals surface area contributed by atoms with Gasteiger partial charge in [0.2, 0.25) is 10.0 Å². The smallest absolute Gasteiger partial charge is 0.243 e. The Kier molecular flexibility index (Phi) is 3.98. The van der Waals surface area contributed by atoms with Gasteiger partial charge in [0.1, 0.15) is 4.90 Å². The van der Waals surface area contributed by atoms with Gasteiger partial charge in [0.15, 0.2) is 5.82 Å². The van der Waals surface area contributed by atoms with Crippen molar-refractivity contribution in [2.45, 2.75) is 11.4 Å². The minimum atomic E-state index is -4.06. The molecule has 1 aromatic heterocycles. The van der Waals surface area contributed by atoms with Gasteiger partial charge in [-0.25, -0.2) is 17.5 Å². The summed E-state index contributed by atoms with van der Waals surface area (Å²) in [6.07, 6.45) is 1.53. The molecule has 9 heteroatoms. The van der Waals surface area contributed by atoms with Crippen molar-refractivity contribution >= 4 is 27.3 Å². The molecule has 20 heavy (non-hydrogen) atoms. The van der Waals surface area contributed by atoms with Crippen LogP contribution >= 0.6 is 11.6 Å². The number of rotatable bonds is 4. The first-order valence-electron chi connectivity index (χ1n) is 5.52. The highest BCUT2D eigenvalue weighted by molar-refractivity contribution is 7.89. The molecule has 0 bridgehead atoms. The van der Waals surface area contributed by atoms with E-state index >= 15 is 0 Å². The number of halogens is 2. The van der Waals surface area contributed by atoms with Crippen molar-refractivity contribution in [1.29, 1.82) is 0 Å². The number of sulfonamides is 1. The van der Waals surface area contributed by atoms with Gasteiger partial charge in [-0.05, 0) is 18.2 Å². The first-order valence-corrected chi connectivity index (χ1v) is 7.38. The first-order chi connectivity index (χ1) is 9.31. The Balaban J connectivity index is 2.29. The van der Waals surface area contributed by atoms with Crippen molar-refractivity contribution in [3.05, 3.63) is 40.9 Å². The second-order valence-corrected chi connectivity index (χ2v) is 6.25. The molecule has 0 aliphatic heterocycles. The number of nitrogens with zero attached hydrogens (tertiary/aromatic N) is 2. The third-order valence-corrected chi connectivity index (χ3v) is 4.31. The van der Waals surface area contributed by atoms with Gasteiger partial charge in [0, 0.05) is 18.3 Å². The lowest BCUT2D eigenvalue weighted by Crippen LogP contribution is -2.25. The van der Waals surface area contributed by atoms with Crippen molar-refractivity contribution in [3.63, 3.8) is 0 Å². The molecule has 0 unspecified atom stereocenters. The summed E-state index contributed by atoms with van der Waals surface area (Å²) in [6.45, 7) is -0.0231. The second-order valence-electron chi connectivity index (χ2n) is 4.08. The van der Waals surface area contributed by atoms with Crippen LogP contribution in [0.4, 0.5) is 10.1 Å². The van der Waals surface area contributed by atoms with E-state index in [-0.39, 0.29) is 17.3 Å². The zero-order valence-corrected chi connectivity index (χ0v) is 12.0. The van der Waals surface area contributed by atoms with E-state index in [9.17, 15) is 12.8 Å². The fraction of sp³-hybridized carbons (Fsp3) is 0.182. The summed E-state index contributed by atoms with van der Waals surface area (Å²) < 4.78 is 41.7. The van der Waals surface area contributed by atoms with Gasteiger partial charge in [-0.15, -0.1) is 0 Å². The Morgan fingerprint density at radius 3 is 2.80 bits per heavy atom. The van der Waals surface area contributed by atoms with Crippen LogP contribution in [-0.4, -0.2) is 18.2 Å². The molecule has 0 amide bonds. The van der Waals surface area contributed by atoms with Crippen molar-refractivity contribution in [3.8, 4) is 0 Å². The molecule has 0 atom stereocenters. The van der Waals surface area contributed by atoms with Gasteiger partial charge in [0.25, 0.3) is 0 Å². The van der Waals surface area contributed by atoms with Crippen molar-refractivity contribution in [1.82, 2.24) is 14.5 Å². The van der Waals surface area contributed by atoms with Crippen LogP contribution < -0.4 is 10.5 Å². The number of hydrogen-bond donors (Lipinski definition) is 2. The number of benzene rings is 1. The summed E-state index contributed by atoms with van der Waals surface area (Å²) in [5.74, 6) is -1.02. The summed E-state index contributed by atoms with van der Waals surface area (Å²) >= 11 is 5.70. The van der Waals surface area contributed by atoms with Crippen molar-refractivity contribution in [2.75, 3.05) is 5.73 Å². The summed E-state index contributed by atoms with van der Waals surface area (Å²) in [5, 5.41) is 3.95. The Morgan fingerprint density at radius 2 is 2.20 bits per heavy atom. The maximum Gasteiger partial charge on any atom is 0.243 e. The predicted octanol–water partition coefficient (Wildman–Crippen LogP) is 1.27. The molecule has 1 aromatic carbocycles. The van der Waals surface area contributed by atoms with Crippen molar-refractivity contribution < 1.29 is 12.8 Å². The fourth-order valence-corrected chi connectivity index (χ4v) is 3.02. The minimum Gasteiger partial charge on any atom is -0.396 e. The van der Waals surface area contributed by atoms with Crippen molar-refractivity contribution in [2.24, 2.45) is 7.05 Å². The highest BCUT2D eigenvalue weighted by Gasteiger charge is 2.22. The molecular weight excluding hydrogens is 307 g/mol. The topological polar surface area (TPSA) is 90.0 Å². The van der Waals surface area contributed by atoms with Crippen LogP contribution in [0.25, 0.3) is 0 Å². The zero-order chi connectivity index (χ0) is 14.9. The molecule has 108 valence electrons. The largest absolute Gasteiger partial charge is 0.396 e. The van der Waals surface area contributed by atoms with Crippen LogP contribution in [0.3, 0.4) is 0 Å². The Morgan fingerprint density at radius 1 is 1.50 bits per heavy atom. The number of aromatic nitrogens is 2. The average molecular weight is 319 g/mol. The quantitative estimate of drug-likeness (QED) is 0.831. The van der Waals surface area contributed by atoms with Gasteiger partial charge in [-0.3, -0.25) is 4.68 Å². The Labute approximate surface area is 120 Å². The fourth-order valence-electron chi connectivity index (χ4n) is 1.60. The molecule has 0 fully saturated rings. The van der Waals surface area contributed by atoms with Crippen LogP contribution in [0, 0.1) is 5.82 Å². The van der Waals surface area contributed by atoms with E-state index in [1.807, 2.05) is 0 Å². The first kappa shape index (κ1) is 14.8. The summed E-state index contributed by atoms with van der Waals surface area (Å²) in [7, 11) is -2.39. The van der Waals surface area contributed by atoms with Gasteiger partial charge in [0.05, 0.1) is 17.9 Å². The maximum absolute atomic E-state index is 13.8. The Bertz CT molecular complexity index is 745. The molecule has 3 N–H and O–H groups in total. The molecule has 0 spiro atoms. The third-order valence-electron chi connectivity index (χ3n) is 2.69. The van der Waals surface area contributed by atoms with E-state index in [4.69, 9.17) is 17.3 Å². The molecule has 0 aliphatic carbocycles. The molecule has 0 aliphatic rings. The van der Waals surface area contributed by atoms with Gasteiger partial charge in [-0.2, -0.15) is 5.10 Å². The van der Waals surface area contributed by atoms with E-state index in [1.54, 1.807) is 13.1 Å². The number of nitrogens with one attached hydrogen (secondary N) is 1. The van der Waals surface area contributed by atoms with Gasteiger partial charge < -0.3 is 5.73 Å². The average Bonchev–Trinajstić information content (AvgIpc) is 2.77. The Hall–Kier alpha value is -1.64. The minimum absolute atomic E-state index is 0.0231. The molecule has 0 radical (unpaired) electrons. The number of anilines is 1. The predicted molar refractivity (Wildman–Crippen MR) is 73.1 cm³/mol. The number of aryl methyl sites for hydroxylation is 1. The molecule has 0 saturated heterocycles. The summed E-state index contributed by atoms with van der Waals surface area (Å²) in [4.78, 5) is -0.579. The molecule has 1 heterocycles. The lowest BCUT2D eigenvalue weighted by molar-refractivity contribution is 0.556. The standard InChI is InChI=1S/C11H12ClFN4O2S/c1-17-8(2-3-15-17)6-16-20(18,19)10-5-7(12)4-9(14)11(10)13/h2-5,16H,6,14H2,1H3. The van der Waals surface area contributed by atoms with E-state index in [2.05, 4.69) is 9.82 Å². The molecular formula is C11H12ClFN4O2S. The SMILES string of the molecule is Cn1nccc1CNS(=O)(=O)c1cc(Cl)cc(N)c1F. The lowest BCUT2D eigenvalue weighted by Gasteiger charge is -2.09. The maximum atomic E-state index is 13.8. The second kappa shape index (κ2) is 5.39. The molecule has 6 nitrogen and oxygen atoms in total. The monoisotopic (exact) mass is 318 g/mol. The lowest BCUT2D eigenvalue weighted by atomic mass is 10.3. The highest BCUT2D eigenvalue weighted by Crippen LogP contribution is 2.25. The number of hydrogen-bond acceptors (Lipinski definition) is 4. The normalized spacial score (nSPS) is 11.8. The van der Waals surface area contributed by atoms with Gasteiger partial charge in [-0.1, -0.05) is 11.6 Å². The van der Waals surface area contributed by atoms with Crippen LogP contribution in [0.5, 0.6) is 0 Å². The van der Waals surface area contributed by atoms with Crippen LogP contribution in [0.15, 0.2) is 29.3 Å². The number of nitrogens with two attached hydrogens (primary N) is 1. The van der Waals surface area contributed by atoms with Crippen LogP contribution in [0.2, 0.25) is 5.02 Å². The van der Waals surface area contributed by atoms with E-state index in [0.29, 0.717) is 5.69 Å². The summed E-state index contributed by atoms with van der Waals surface area (Å²) in [6, 6.07) is 3.81. The van der Waals surface area contributed by atoms with E-state index < -0.39 is 20.7 Å². The molecule has 0 saturated carbocycles. The van der Waals surface area contributed by atoms with Crippen LogP contribution in [-0.2, 0) is 23.6 Å². The van der Waals surface area contributed by atoms with Gasteiger partial charge >= 0.3 is 0 Å².